The zero-order valence-electron chi connectivity index (χ0n) is 11.0. The van der Waals surface area contributed by atoms with Crippen molar-refractivity contribution in [3.05, 3.63) is 40.4 Å². The van der Waals surface area contributed by atoms with Gasteiger partial charge >= 0.3 is 0 Å². The molecule has 0 saturated carbocycles. The van der Waals surface area contributed by atoms with Crippen molar-refractivity contribution in [2.45, 2.75) is 20.0 Å². The van der Waals surface area contributed by atoms with E-state index in [4.69, 9.17) is 0 Å². The molecule has 2 rings (SSSR count). The fraction of sp³-hybridized carbons (Fsp3) is 0.385. The minimum Gasteiger partial charge on any atom is -0.363 e. The number of nitrogens with one attached hydrogen (secondary N) is 1. The Labute approximate surface area is 112 Å². The maximum absolute atomic E-state index is 4.16. The van der Waals surface area contributed by atoms with Crippen LogP contribution < -0.4 is 5.32 Å². The zero-order valence-corrected chi connectivity index (χ0v) is 11.8. The average Bonchev–Trinajstić information content (AvgIpc) is 2.80. The first-order chi connectivity index (χ1) is 8.69. The Balaban J connectivity index is 1.96. The van der Waals surface area contributed by atoms with Crippen molar-refractivity contribution < 1.29 is 0 Å². The summed E-state index contributed by atoms with van der Waals surface area (Å²) in [5.74, 6) is 0. The Morgan fingerprint density at radius 3 is 2.67 bits per heavy atom. The third-order valence-electron chi connectivity index (χ3n) is 2.79. The van der Waals surface area contributed by atoms with Gasteiger partial charge in [0.2, 0.25) is 5.13 Å². The lowest BCUT2D eigenvalue weighted by Gasteiger charge is -2.16. The van der Waals surface area contributed by atoms with Crippen LogP contribution in [0.1, 0.15) is 16.1 Å². The molecule has 1 aromatic heterocycles. The Bertz CT molecular complexity index is 509. The first-order valence-electron chi connectivity index (χ1n) is 5.92. The van der Waals surface area contributed by atoms with Crippen molar-refractivity contribution >= 4 is 16.5 Å². The maximum atomic E-state index is 4.16. The predicted octanol–water partition coefficient (Wildman–Crippen LogP) is 2.52. The first kappa shape index (κ1) is 13.0. The zero-order chi connectivity index (χ0) is 13.0. The highest BCUT2D eigenvalue weighted by atomic mass is 32.1. The van der Waals surface area contributed by atoms with Gasteiger partial charge in [-0.1, -0.05) is 35.6 Å². The second kappa shape index (κ2) is 5.93. The van der Waals surface area contributed by atoms with Crippen LogP contribution in [-0.4, -0.2) is 29.2 Å². The summed E-state index contributed by atoms with van der Waals surface area (Å²) in [7, 11) is 3.97. The Morgan fingerprint density at radius 2 is 2.00 bits per heavy atom. The van der Waals surface area contributed by atoms with Crippen LogP contribution in [0.4, 0.5) is 5.13 Å². The molecule has 0 saturated heterocycles. The molecule has 0 spiro atoms. The first-order valence-corrected chi connectivity index (χ1v) is 6.74. The van der Waals surface area contributed by atoms with Gasteiger partial charge in [-0.2, -0.15) is 0 Å². The van der Waals surface area contributed by atoms with E-state index < -0.39 is 0 Å². The third-order valence-corrected chi connectivity index (χ3v) is 3.71. The summed E-state index contributed by atoms with van der Waals surface area (Å²) in [6.07, 6.45) is 0. The molecule has 0 bridgehead atoms. The van der Waals surface area contributed by atoms with Gasteiger partial charge < -0.3 is 5.32 Å². The lowest BCUT2D eigenvalue weighted by atomic mass is 10.1. The lowest BCUT2D eigenvalue weighted by molar-refractivity contribution is 0.317. The van der Waals surface area contributed by atoms with Crippen LogP contribution in [0.5, 0.6) is 0 Å². The summed E-state index contributed by atoms with van der Waals surface area (Å²) in [6.45, 7) is 3.90. The molecule has 4 nitrogen and oxygen atoms in total. The van der Waals surface area contributed by atoms with Crippen molar-refractivity contribution in [3.8, 4) is 0 Å². The van der Waals surface area contributed by atoms with Crippen molar-refractivity contribution in [2.24, 2.45) is 0 Å². The molecule has 0 fully saturated rings. The molecule has 5 heteroatoms. The molecule has 1 N–H and O–H groups in total. The molecule has 96 valence electrons. The van der Waals surface area contributed by atoms with Crippen LogP contribution in [0.2, 0.25) is 0 Å². The molecule has 1 heterocycles. The summed E-state index contributed by atoms with van der Waals surface area (Å²) in [4.78, 5) is 2.25. The topological polar surface area (TPSA) is 41.1 Å². The van der Waals surface area contributed by atoms with Gasteiger partial charge in [0, 0.05) is 13.6 Å². The van der Waals surface area contributed by atoms with Crippen LogP contribution in [0, 0.1) is 6.92 Å². The normalized spacial score (nSPS) is 10.9. The fourth-order valence-electron chi connectivity index (χ4n) is 1.78. The third kappa shape index (κ3) is 3.27. The van der Waals surface area contributed by atoms with Crippen molar-refractivity contribution in [3.63, 3.8) is 0 Å². The SMILES string of the molecule is CNc1nnc(CN(C)Cc2ccccc2C)s1. The summed E-state index contributed by atoms with van der Waals surface area (Å²) >= 11 is 1.60. The van der Waals surface area contributed by atoms with Gasteiger partial charge in [-0.25, -0.2) is 0 Å². The number of aromatic nitrogens is 2. The van der Waals surface area contributed by atoms with Gasteiger partial charge in [-0.15, -0.1) is 10.2 Å². The number of hydrogen-bond donors (Lipinski definition) is 1. The molecule has 0 atom stereocenters. The van der Waals surface area contributed by atoms with E-state index in [1.807, 2.05) is 7.05 Å². The summed E-state index contributed by atoms with van der Waals surface area (Å²) in [5, 5.41) is 13.1. The quantitative estimate of drug-likeness (QED) is 0.899. The smallest absolute Gasteiger partial charge is 0.205 e. The Morgan fingerprint density at radius 1 is 1.22 bits per heavy atom. The second-order valence-electron chi connectivity index (χ2n) is 4.35. The summed E-state index contributed by atoms with van der Waals surface area (Å²) in [5.41, 5.74) is 2.69. The molecule has 0 aliphatic heterocycles. The van der Waals surface area contributed by atoms with Crippen molar-refractivity contribution in [1.82, 2.24) is 15.1 Å². The van der Waals surface area contributed by atoms with Gasteiger partial charge in [0.05, 0.1) is 6.54 Å². The number of anilines is 1. The van der Waals surface area contributed by atoms with Gasteiger partial charge in [0.15, 0.2) is 0 Å². The van der Waals surface area contributed by atoms with E-state index in [-0.39, 0.29) is 0 Å². The number of benzene rings is 1. The Kier molecular flexibility index (Phi) is 4.28. The van der Waals surface area contributed by atoms with Crippen molar-refractivity contribution in [1.29, 1.82) is 0 Å². The minimum atomic E-state index is 0.827. The van der Waals surface area contributed by atoms with Crippen molar-refractivity contribution in [2.75, 3.05) is 19.4 Å². The monoisotopic (exact) mass is 262 g/mol. The highest BCUT2D eigenvalue weighted by Crippen LogP contribution is 2.17. The largest absolute Gasteiger partial charge is 0.363 e. The summed E-state index contributed by atoms with van der Waals surface area (Å²) < 4.78 is 0. The van der Waals surface area contributed by atoms with Crippen LogP contribution in [0.3, 0.4) is 0 Å². The van der Waals surface area contributed by atoms with E-state index in [0.717, 1.165) is 23.2 Å². The van der Waals surface area contributed by atoms with Crippen LogP contribution >= 0.6 is 11.3 Å². The number of rotatable bonds is 5. The highest BCUT2D eigenvalue weighted by Gasteiger charge is 2.07. The molecular weight excluding hydrogens is 244 g/mol. The molecule has 0 radical (unpaired) electrons. The maximum Gasteiger partial charge on any atom is 0.205 e. The second-order valence-corrected chi connectivity index (χ2v) is 5.41. The fourth-order valence-corrected chi connectivity index (χ4v) is 2.56. The lowest BCUT2D eigenvalue weighted by Crippen LogP contribution is -2.17. The number of nitrogens with zero attached hydrogens (tertiary/aromatic N) is 3. The molecule has 2 aromatic rings. The standard InChI is InChI=1S/C13H18N4S/c1-10-6-4-5-7-11(10)8-17(3)9-12-15-16-13(14-2)18-12/h4-7H,8-9H2,1-3H3,(H,14,16). The van der Waals surface area contributed by atoms with Gasteiger partial charge in [0.25, 0.3) is 0 Å². The molecule has 0 unspecified atom stereocenters. The van der Waals surface area contributed by atoms with Crippen LogP contribution in [-0.2, 0) is 13.1 Å². The number of aryl methyl sites for hydroxylation is 1. The molecule has 1 aromatic carbocycles. The average molecular weight is 262 g/mol. The molecule has 0 amide bonds. The van der Waals surface area contributed by atoms with E-state index in [9.17, 15) is 0 Å². The van der Waals surface area contributed by atoms with Crippen LogP contribution in [0.25, 0.3) is 0 Å². The van der Waals surface area contributed by atoms with Gasteiger partial charge in [-0.05, 0) is 25.1 Å². The Hall–Kier alpha value is -1.46. The van der Waals surface area contributed by atoms with Gasteiger partial charge in [-0.3, -0.25) is 4.90 Å². The summed E-state index contributed by atoms with van der Waals surface area (Å²) in [6, 6.07) is 8.47. The van der Waals surface area contributed by atoms with E-state index >= 15 is 0 Å². The number of hydrogen-bond acceptors (Lipinski definition) is 5. The van der Waals surface area contributed by atoms with E-state index in [2.05, 4.69) is 58.7 Å². The van der Waals surface area contributed by atoms with E-state index in [1.54, 1.807) is 11.3 Å². The van der Waals surface area contributed by atoms with Gasteiger partial charge in [0.1, 0.15) is 5.01 Å². The van der Waals surface area contributed by atoms with E-state index in [0.29, 0.717) is 0 Å². The molecule has 0 aliphatic carbocycles. The molecular formula is C13H18N4S. The molecule has 18 heavy (non-hydrogen) atoms. The van der Waals surface area contributed by atoms with Crippen LogP contribution in [0.15, 0.2) is 24.3 Å². The highest BCUT2D eigenvalue weighted by molar-refractivity contribution is 7.15. The molecule has 0 aliphatic rings. The van der Waals surface area contributed by atoms with E-state index in [1.165, 1.54) is 11.1 Å². The minimum absolute atomic E-state index is 0.827. The predicted molar refractivity (Wildman–Crippen MR) is 75.8 cm³/mol.